The molecule has 1 aliphatic carbocycles. The van der Waals surface area contributed by atoms with Crippen molar-refractivity contribution in [3.05, 3.63) is 30.1 Å². The van der Waals surface area contributed by atoms with Crippen LogP contribution < -0.4 is 5.32 Å². The van der Waals surface area contributed by atoms with Crippen molar-refractivity contribution in [2.75, 3.05) is 0 Å². The van der Waals surface area contributed by atoms with E-state index < -0.39 is 0 Å². The molecule has 1 aromatic rings. The largest absolute Gasteiger partial charge is 0.306 e. The minimum Gasteiger partial charge on any atom is -0.306 e. The van der Waals surface area contributed by atoms with Crippen molar-refractivity contribution in [2.24, 2.45) is 11.8 Å². The molecule has 0 aliphatic heterocycles. The topological polar surface area (TPSA) is 24.9 Å². The van der Waals surface area contributed by atoms with Crippen molar-refractivity contribution in [1.29, 1.82) is 0 Å². The Hall–Kier alpha value is -0.890. The highest BCUT2D eigenvalue weighted by atomic mass is 15.0. The van der Waals surface area contributed by atoms with Gasteiger partial charge in [-0.1, -0.05) is 32.8 Å². The number of hydrogen-bond donors (Lipinski definition) is 1. The normalized spacial score (nSPS) is 26.2. The van der Waals surface area contributed by atoms with Gasteiger partial charge in [-0.2, -0.15) is 0 Å². The Kier molecular flexibility index (Phi) is 4.76. The van der Waals surface area contributed by atoms with Gasteiger partial charge in [0, 0.05) is 18.3 Å². The van der Waals surface area contributed by atoms with Gasteiger partial charge in [0.05, 0.1) is 5.69 Å². The molecule has 1 aliphatic rings. The first-order valence-electron chi connectivity index (χ1n) is 7.33. The van der Waals surface area contributed by atoms with Crippen molar-refractivity contribution >= 4 is 0 Å². The summed E-state index contributed by atoms with van der Waals surface area (Å²) >= 11 is 0. The molecule has 2 nitrogen and oxygen atoms in total. The van der Waals surface area contributed by atoms with Crippen LogP contribution in [0.2, 0.25) is 0 Å². The molecule has 2 heteroatoms. The lowest BCUT2D eigenvalue weighted by molar-refractivity contribution is 0.222. The van der Waals surface area contributed by atoms with Crippen LogP contribution in [-0.2, 0) is 0 Å². The minimum absolute atomic E-state index is 0.363. The molecule has 0 spiro atoms. The highest BCUT2D eigenvalue weighted by molar-refractivity contribution is 5.08. The molecule has 18 heavy (non-hydrogen) atoms. The summed E-state index contributed by atoms with van der Waals surface area (Å²) in [6.45, 7) is 6.94. The average molecular weight is 246 g/mol. The molecule has 1 aromatic heterocycles. The van der Waals surface area contributed by atoms with Crippen molar-refractivity contribution in [3.8, 4) is 0 Å². The molecule has 0 amide bonds. The molecule has 3 atom stereocenters. The summed E-state index contributed by atoms with van der Waals surface area (Å²) in [6.07, 6.45) is 7.31. The third-order valence-corrected chi connectivity index (χ3v) is 4.27. The van der Waals surface area contributed by atoms with E-state index in [1.54, 1.807) is 0 Å². The van der Waals surface area contributed by atoms with Crippen molar-refractivity contribution < 1.29 is 0 Å². The third kappa shape index (κ3) is 3.55. The van der Waals surface area contributed by atoms with Gasteiger partial charge >= 0.3 is 0 Å². The van der Waals surface area contributed by atoms with Gasteiger partial charge in [-0.3, -0.25) is 4.98 Å². The molecular weight excluding hydrogens is 220 g/mol. The van der Waals surface area contributed by atoms with Gasteiger partial charge < -0.3 is 5.32 Å². The molecule has 3 unspecified atom stereocenters. The fourth-order valence-electron chi connectivity index (χ4n) is 3.06. The molecule has 2 rings (SSSR count). The fraction of sp³-hybridized carbons (Fsp3) is 0.688. The SMILES string of the molecule is CC(NC1CCCC(C(C)C)C1)c1ccccn1. The number of hydrogen-bond acceptors (Lipinski definition) is 2. The van der Waals surface area contributed by atoms with Gasteiger partial charge in [-0.25, -0.2) is 0 Å². The summed E-state index contributed by atoms with van der Waals surface area (Å²) in [4.78, 5) is 4.44. The van der Waals surface area contributed by atoms with E-state index in [4.69, 9.17) is 0 Å². The van der Waals surface area contributed by atoms with Crippen LogP contribution in [0.5, 0.6) is 0 Å². The zero-order chi connectivity index (χ0) is 13.0. The van der Waals surface area contributed by atoms with Gasteiger partial charge in [0.2, 0.25) is 0 Å². The minimum atomic E-state index is 0.363. The van der Waals surface area contributed by atoms with E-state index >= 15 is 0 Å². The zero-order valence-corrected chi connectivity index (χ0v) is 11.9. The molecule has 0 radical (unpaired) electrons. The monoisotopic (exact) mass is 246 g/mol. The molecule has 100 valence electrons. The Labute approximate surface area is 111 Å². The lowest BCUT2D eigenvalue weighted by Crippen LogP contribution is -2.37. The third-order valence-electron chi connectivity index (χ3n) is 4.27. The van der Waals surface area contributed by atoms with E-state index in [0.29, 0.717) is 12.1 Å². The first-order chi connectivity index (χ1) is 8.66. The van der Waals surface area contributed by atoms with Crippen LogP contribution in [0.3, 0.4) is 0 Å². The van der Waals surface area contributed by atoms with Gasteiger partial charge in [-0.15, -0.1) is 0 Å². The van der Waals surface area contributed by atoms with E-state index in [1.807, 2.05) is 12.3 Å². The molecule has 0 saturated heterocycles. The number of nitrogens with one attached hydrogen (secondary N) is 1. The summed E-state index contributed by atoms with van der Waals surface area (Å²) in [5, 5.41) is 3.76. The second kappa shape index (κ2) is 6.33. The Morgan fingerprint density at radius 2 is 2.06 bits per heavy atom. The maximum Gasteiger partial charge on any atom is 0.0570 e. The van der Waals surface area contributed by atoms with Gasteiger partial charge in [-0.05, 0) is 43.7 Å². The van der Waals surface area contributed by atoms with Crippen molar-refractivity contribution in [3.63, 3.8) is 0 Å². The molecule has 1 heterocycles. The molecular formula is C16H26N2. The summed E-state index contributed by atoms with van der Waals surface area (Å²) in [5.74, 6) is 1.71. The van der Waals surface area contributed by atoms with Crippen LogP contribution in [0.1, 0.15) is 58.2 Å². The number of aromatic nitrogens is 1. The highest BCUT2D eigenvalue weighted by Crippen LogP contribution is 2.30. The first kappa shape index (κ1) is 13.5. The van der Waals surface area contributed by atoms with E-state index in [1.165, 1.54) is 25.7 Å². The van der Waals surface area contributed by atoms with Gasteiger partial charge in [0.15, 0.2) is 0 Å². The van der Waals surface area contributed by atoms with Gasteiger partial charge in [0.25, 0.3) is 0 Å². The van der Waals surface area contributed by atoms with Gasteiger partial charge in [0.1, 0.15) is 0 Å². The predicted octanol–water partition coefficient (Wildman–Crippen LogP) is 3.95. The lowest BCUT2D eigenvalue weighted by atomic mass is 9.79. The molecule has 1 fully saturated rings. The van der Waals surface area contributed by atoms with Crippen LogP contribution in [0.15, 0.2) is 24.4 Å². The van der Waals surface area contributed by atoms with Crippen LogP contribution in [0, 0.1) is 11.8 Å². The smallest absolute Gasteiger partial charge is 0.0570 e. The number of pyridine rings is 1. The molecule has 0 bridgehead atoms. The van der Waals surface area contributed by atoms with Crippen LogP contribution in [0.25, 0.3) is 0 Å². The number of nitrogens with zero attached hydrogens (tertiary/aromatic N) is 1. The van der Waals surface area contributed by atoms with Crippen LogP contribution in [-0.4, -0.2) is 11.0 Å². The summed E-state index contributed by atoms with van der Waals surface area (Å²) < 4.78 is 0. The maximum absolute atomic E-state index is 4.44. The lowest BCUT2D eigenvalue weighted by Gasteiger charge is -2.33. The summed E-state index contributed by atoms with van der Waals surface area (Å²) in [6, 6.07) is 7.19. The van der Waals surface area contributed by atoms with E-state index in [2.05, 4.69) is 43.2 Å². The predicted molar refractivity (Wildman–Crippen MR) is 76.4 cm³/mol. The maximum atomic E-state index is 4.44. The fourth-order valence-corrected chi connectivity index (χ4v) is 3.06. The van der Waals surface area contributed by atoms with E-state index in [-0.39, 0.29) is 0 Å². The Balaban J connectivity index is 1.89. The van der Waals surface area contributed by atoms with Crippen molar-refractivity contribution in [1.82, 2.24) is 10.3 Å². The van der Waals surface area contributed by atoms with E-state index in [0.717, 1.165) is 17.5 Å². The molecule has 1 saturated carbocycles. The first-order valence-corrected chi connectivity index (χ1v) is 7.33. The standard InChI is InChI=1S/C16H26N2/c1-12(2)14-7-6-8-15(11-14)18-13(3)16-9-4-5-10-17-16/h4-5,9-10,12-15,18H,6-8,11H2,1-3H3. The summed E-state index contributed by atoms with van der Waals surface area (Å²) in [5.41, 5.74) is 1.16. The van der Waals surface area contributed by atoms with Crippen LogP contribution >= 0.6 is 0 Å². The Bertz CT molecular complexity index is 347. The van der Waals surface area contributed by atoms with Crippen LogP contribution in [0.4, 0.5) is 0 Å². The molecule has 1 N–H and O–H groups in total. The second-order valence-corrected chi connectivity index (χ2v) is 6.01. The Morgan fingerprint density at radius 1 is 1.22 bits per heavy atom. The zero-order valence-electron chi connectivity index (χ0n) is 11.9. The van der Waals surface area contributed by atoms with Crippen molar-refractivity contribution in [2.45, 2.75) is 58.5 Å². The highest BCUT2D eigenvalue weighted by Gasteiger charge is 2.25. The molecule has 0 aromatic carbocycles. The van der Waals surface area contributed by atoms with E-state index in [9.17, 15) is 0 Å². The number of rotatable bonds is 4. The average Bonchev–Trinajstić information content (AvgIpc) is 2.40. The summed E-state index contributed by atoms with van der Waals surface area (Å²) in [7, 11) is 0. The second-order valence-electron chi connectivity index (χ2n) is 6.01. The quantitative estimate of drug-likeness (QED) is 0.870. The Morgan fingerprint density at radius 3 is 2.72 bits per heavy atom.